The maximum Gasteiger partial charge on any atom is 0.228 e. The van der Waals surface area contributed by atoms with Crippen LogP contribution in [-0.4, -0.2) is 29.9 Å². The first-order chi connectivity index (χ1) is 6.16. The molecule has 70 valence electrons. The van der Waals surface area contributed by atoms with E-state index in [1.54, 1.807) is 4.90 Å². The van der Waals surface area contributed by atoms with Crippen LogP contribution in [0.4, 0.5) is 0 Å². The predicted molar refractivity (Wildman–Crippen MR) is 46.5 cm³/mol. The zero-order valence-corrected chi connectivity index (χ0v) is 7.71. The van der Waals surface area contributed by atoms with E-state index in [4.69, 9.17) is 5.26 Å². The molecule has 2 atom stereocenters. The summed E-state index contributed by atoms with van der Waals surface area (Å²) in [4.78, 5) is 13.3. The summed E-state index contributed by atoms with van der Waals surface area (Å²) < 4.78 is 0. The Labute approximate surface area is 77.5 Å². The van der Waals surface area contributed by atoms with Gasteiger partial charge >= 0.3 is 0 Å². The predicted octanol–water partition coefficient (Wildman–Crippen LogP) is 0.0680. The molecule has 2 rings (SSSR count). The first-order valence-electron chi connectivity index (χ1n) is 4.62. The molecule has 13 heavy (non-hydrogen) atoms. The van der Waals surface area contributed by atoms with E-state index >= 15 is 0 Å². The lowest BCUT2D eigenvalue weighted by molar-refractivity contribution is -0.127. The van der Waals surface area contributed by atoms with Crippen molar-refractivity contribution in [3.05, 3.63) is 0 Å². The van der Waals surface area contributed by atoms with Crippen molar-refractivity contribution in [3.8, 4) is 6.19 Å². The van der Waals surface area contributed by atoms with E-state index in [1.165, 1.54) is 0 Å². The summed E-state index contributed by atoms with van der Waals surface area (Å²) in [6.45, 7) is 3.36. The summed E-state index contributed by atoms with van der Waals surface area (Å²) >= 11 is 0. The number of hydrogen-bond donors (Lipinski definition) is 1. The van der Waals surface area contributed by atoms with Gasteiger partial charge in [-0.3, -0.25) is 4.79 Å². The van der Waals surface area contributed by atoms with Gasteiger partial charge in [0.15, 0.2) is 6.19 Å². The third kappa shape index (κ3) is 1.15. The molecule has 0 aromatic rings. The fourth-order valence-electron chi connectivity index (χ4n) is 2.42. The summed E-state index contributed by atoms with van der Waals surface area (Å²) in [6, 6.07) is 0.270. The SMILES string of the molecule is CC1C[C@]2(CCN(C#N)C2)C(=O)N1. The number of hydrogen-bond acceptors (Lipinski definition) is 3. The molecule has 2 aliphatic heterocycles. The minimum absolute atomic E-state index is 0.137. The summed E-state index contributed by atoms with van der Waals surface area (Å²) in [5.74, 6) is 0.137. The van der Waals surface area contributed by atoms with Crippen LogP contribution in [0.5, 0.6) is 0 Å². The van der Waals surface area contributed by atoms with Crippen molar-refractivity contribution in [2.24, 2.45) is 5.41 Å². The molecule has 1 spiro atoms. The lowest BCUT2D eigenvalue weighted by Crippen LogP contribution is -2.33. The van der Waals surface area contributed by atoms with Crippen molar-refractivity contribution in [1.29, 1.82) is 5.26 Å². The fraction of sp³-hybridized carbons (Fsp3) is 0.778. The van der Waals surface area contributed by atoms with Gasteiger partial charge in [0.1, 0.15) is 0 Å². The van der Waals surface area contributed by atoms with Gasteiger partial charge in [-0.05, 0) is 19.8 Å². The van der Waals surface area contributed by atoms with E-state index in [9.17, 15) is 4.79 Å². The average molecular weight is 179 g/mol. The number of amides is 1. The van der Waals surface area contributed by atoms with Crippen LogP contribution in [0.1, 0.15) is 19.8 Å². The smallest absolute Gasteiger partial charge is 0.228 e. The van der Waals surface area contributed by atoms with Gasteiger partial charge < -0.3 is 10.2 Å². The highest BCUT2D eigenvalue weighted by Gasteiger charge is 2.49. The van der Waals surface area contributed by atoms with Crippen molar-refractivity contribution in [2.45, 2.75) is 25.8 Å². The van der Waals surface area contributed by atoms with E-state index in [0.717, 1.165) is 19.4 Å². The van der Waals surface area contributed by atoms with Gasteiger partial charge in [0, 0.05) is 19.1 Å². The van der Waals surface area contributed by atoms with Gasteiger partial charge in [-0.25, -0.2) is 0 Å². The molecule has 0 aliphatic carbocycles. The lowest BCUT2D eigenvalue weighted by Gasteiger charge is -2.17. The Hall–Kier alpha value is -1.24. The number of nitrogens with zero attached hydrogens (tertiary/aromatic N) is 2. The van der Waals surface area contributed by atoms with Gasteiger partial charge in [-0.1, -0.05) is 0 Å². The summed E-state index contributed by atoms with van der Waals surface area (Å²) in [5, 5.41) is 11.6. The Balaban J connectivity index is 2.16. The molecule has 0 bridgehead atoms. The second-order valence-electron chi connectivity index (χ2n) is 4.13. The normalized spacial score (nSPS) is 38.0. The molecule has 0 aromatic carbocycles. The Kier molecular flexibility index (Phi) is 1.69. The molecule has 0 radical (unpaired) electrons. The molecule has 4 nitrogen and oxygen atoms in total. The van der Waals surface area contributed by atoms with Crippen LogP contribution >= 0.6 is 0 Å². The van der Waals surface area contributed by atoms with Crippen LogP contribution in [0.2, 0.25) is 0 Å². The van der Waals surface area contributed by atoms with Gasteiger partial charge in [-0.2, -0.15) is 5.26 Å². The number of nitriles is 1. The van der Waals surface area contributed by atoms with E-state index in [1.807, 2.05) is 6.92 Å². The zero-order chi connectivity index (χ0) is 9.47. The molecule has 4 heteroatoms. The maximum absolute atomic E-state index is 11.6. The zero-order valence-electron chi connectivity index (χ0n) is 7.71. The van der Waals surface area contributed by atoms with Crippen molar-refractivity contribution in [2.75, 3.05) is 13.1 Å². The molecule has 0 saturated carbocycles. The standard InChI is InChI=1S/C9H13N3O/c1-7-4-9(8(13)11-7)2-3-12(5-9)6-10/h7H,2-5H2,1H3,(H,11,13)/t7?,9-/m0/s1. The molecular weight excluding hydrogens is 166 g/mol. The molecule has 1 N–H and O–H groups in total. The maximum atomic E-state index is 11.6. The molecule has 2 fully saturated rings. The topological polar surface area (TPSA) is 56.1 Å². The monoisotopic (exact) mass is 179 g/mol. The Morgan fingerprint density at radius 2 is 2.54 bits per heavy atom. The van der Waals surface area contributed by atoms with E-state index < -0.39 is 0 Å². The molecule has 1 unspecified atom stereocenters. The first-order valence-corrected chi connectivity index (χ1v) is 4.62. The van der Waals surface area contributed by atoms with E-state index in [2.05, 4.69) is 11.5 Å². The second-order valence-corrected chi connectivity index (χ2v) is 4.13. The van der Waals surface area contributed by atoms with Crippen molar-refractivity contribution >= 4 is 5.91 Å². The number of rotatable bonds is 0. The molecule has 2 saturated heterocycles. The summed E-state index contributed by atoms with van der Waals surface area (Å²) in [5.41, 5.74) is -0.255. The van der Waals surface area contributed by atoms with Crippen LogP contribution in [-0.2, 0) is 4.79 Å². The molecule has 1 amide bonds. The highest BCUT2D eigenvalue weighted by atomic mass is 16.2. The molecule has 0 aromatic heterocycles. The second kappa shape index (κ2) is 2.63. The minimum Gasteiger partial charge on any atom is -0.353 e. The van der Waals surface area contributed by atoms with Crippen molar-refractivity contribution in [1.82, 2.24) is 10.2 Å². The number of likely N-dealkylation sites (tertiary alicyclic amines) is 1. The Morgan fingerprint density at radius 1 is 1.77 bits per heavy atom. The van der Waals surface area contributed by atoms with Crippen LogP contribution in [0.25, 0.3) is 0 Å². The van der Waals surface area contributed by atoms with Crippen molar-refractivity contribution < 1.29 is 4.79 Å². The number of nitrogens with one attached hydrogen (secondary N) is 1. The van der Waals surface area contributed by atoms with E-state index in [-0.39, 0.29) is 17.4 Å². The largest absolute Gasteiger partial charge is 0.353 e. The molecule has 2 aliphatic rings. The first kappa shape index (κ1) is 8.36. The summed E-state index contributed by atoms with van der Waals surface area (Å²) in [7, 11) is 0. The molecule has 2 heterocycles. The van der Waals surface area contributed by atoms with Crippen LogP contribution in [0.15, 0.2) is 0 Å². The average Bonchev–Trinajstić information content (AvgIpc) is 2.59. The van der Waals surface area contributed by atoms with Gasteiger partial charge in [0.25, 0.3) is 0 Å². The van der Waals surface area contributed by atoms with E-state index in [0.29, 0.717) is 6.54 Å². The lowest BCUT2D eigenvalue weighted by atomic mass is 9.84. The Morgan fingerprint density at radius 3 is 3.00 bits per heavy atom. The highest BCUT2D eigenvalue weighted by molar-refractivity contribution is 5.85. The molecular formula is C9H13N3O. The minimum atomic E-state index is -0.255. The van der Waals surface area contributed by atoms with Gasteiger partial charge in [-0.15, -0.1) is 0 Å². The van der Waals surface area contributed by atoms with Gasteiger partial charge in [0.05, 0.1) is 5.41 Å². The quantitative estimate of drug-likeness (QED) is 0.535. The van der Waals surface area contributed by atoms with Crippen LogP contribution < -0.4 is 5.32 Å². The van der Waals surface area contributed by atoms with Crippen LogP contribution in [0, 0.1) is 16.9 Å². The fourth-order valence-corrected chi connectivity index (χ4v) is 2.42. The third-order valence-corrected chi connectivity index (χ3v) is 3.05. The van der Waals surface area contributed by atoms with Crippen LogP contribution in [0.3, 0.4) is 0 Å². The Bertz CT molecular complexity index is 283. The number of carbonyl (C=O) groups excluding carboxylic acids is 1. The summed E-state index contributed by atoms with van der Waals surface area (Å²) in [6.07, 6.45) is 3.81. The van der Waals surface area contributed by atoms with Gasteiger partial charge in [0.2, 0.25) is 5.91 Å². The highest BCUT2D eigenvalue weighted by Crippen LogP contribution is 2.38. The van der Waals surface area contributed by atoms with Crippen molar-refractivity contribution in [3.63, 3.8) is 0 Å². The third-order valence-electron chi connectivity index (χ3n) is 3.05. The number of carbonyl (C=O) groups is 1.